The smallest absolute Gasteiger partial charge is 0.416 e. The summed E-state index contributed by atoms with van der Waals surface area (Å²) in [5.41, 5.74) is 1.99. The van der Waals surface area contributed by atoms with Crippen LogP contribution in [-0.2, 0) is 14.1 Å². The van der Waals surface area contributed by atoms with Gasteiger partial charge in [-0.15, -0.1) is 0 Å². The van der Waals surface area contributed by atoms with Crippen molar-refractivity contribution >= 4 is 19.1 Å². The first-order valence-corrected chi connectivity index (χ1v) is 7.18. The second-order valence-corrected chi connectivity index (χ2v) is 5.04. The number of carbonyl (C=O) groups is 1. The van der Waals surface area contributed by atoms with Crippen molar-refractivity contribution in [3.05, 3.63) is 71.8 Å². The van der Waals surface area contributed by atoms with Gasteiger partial charge in [0.1, 0.15) is 0 Å². The third kappa shape index (κ3) is 3.43. The lowest BCUT2D eigenvalue weighted by atomic mass is 9.96. The average molecular weight is 295 g/mol. The van der Waals surface area contributed by atoms with Gasteiger partial charge in [-0.05, 0) is 17.7 Å². The van der Waals surface area contributed by atoms with Crippen LogP contribution in [0.3, 0.4) is 0 Å². The summed E-state index contributed by atoms with van der Waals surface area (Å²) in [6, 6.07) is 19.6. The predicted octanol–water partition coefficient (Wildman–Crippen LogP) is 3.11. The van der Waals surface area contributed by atoms with Crippen molar-refractivity contribution in [2.24, 2.45) is 0 Å². The summed E-state index contributed by atoms with van der Waals surface area (Å²) >= 11 is 0. The fraction of sp³-hybridized carbons (Fsp3) is 0.176. The average Bonchev–Trinajstić information content (AvgIpc) is 2.55. The summed E-state index contributed by atoms with van der Waals surface area (Å²) in [6.45, 7) is 1.33. The Morgan fingerprint density at radius 3 is 2.41 bits per heavy atom. The van der Waals surface area contributed by atoms with Crippen molar-refractivity contribution in [3.8, 4) is 0 Å². The fourth-order valence-electron chi connectivity index (χ4n) is 2.40. The minimum atomic E-state index is -1.02. The Morgan fingerprint density at radius 1 is 1.14 bits per heavy atom. The van der Waals surface area contributed by atoms with E-state index in [0.29, 0.717) is 6.42 Å². The van der Waals surface area contributed by atoms with Gasteiger partial charge in [0.05, 0.1) is 18.1 Å². The van der Waals surface area contributed by atoms with E-state index in [0.717, 1.165) is 16.9 Å². The van der Waals surface area contributed by atoms with E-state index in [1.54, 1.807) is 0 Å². The second kappa shape index (κ2) is 6.58. The molecule has 1 aliphatic rings. The van der Waals surface area contributed by atoms with Gasteiger partial charge in [-0.1, -0.05) is 48.5 Å². The van der Waals surface area contributed by atoms with Crippen LogP contribution in [0.1, 0.15) is 34.9 Å². The molecule has 0 aliphatic carbocycles. The van der Waals surface area contributed by atoms with Crippen LogP contribution in [0.5, 0.6) is 0 Å². The van der Waals surface area contributed by atoms with Crippen LogP contribution in [-0.4, -0.2) is 19.1 Å². The largest absolute Gasteiger partial charge is 1.12 e. The van der Waals surface area contributed by atoms with Crippen molar-refractivity contribution < 1.29 is 18.4 Å². The molecule has 1 heterocycles. The molecule has 5 heteroatoms. The van der Waals surface area contributed by atoms with Crippen LogP contribution in [0, 0.1) is 0 Å². The standard InChI is InChI=1S/C17H16BO4/c1-13(19)20-18-21-16(14-8-4-2-5-9-14)12-17(22-18)15-10-6-3-7-11-15/h2-11,16H,12H2,1H3/q+1. The lowest BCUT2D eigenvalue weighted by Gasteiger charge is -2.17. The third-order valence-corrected chi connectivity index (χ3v) is 3.41. The molecule has 0 radical (unpaired) electrons. The monoisotopic (exact) mass is 295 g/mol. The molecule has 0 aromatic heterocycles. The van der Waals surface area contributed by atoms with E-state index in [2.05, 4.69) is 0 Å². The van der Waals surface area contributed by atoms with Crippen LogP contribution in [0.2, 0.25) is 0 Å². The number of rotatable bonds is 3. The molecule has 3 rings (SSSR count). The second-order valence-electron chi connectivity index (χ2n) is 5.04. The van der Waals surface area contributed by atoms with E-state index in [1.165, 1.54) is 6.92 Å². The molecule has 22 heavy (non-hydrogen) atoms. The van der Waals surface area contributed by atoms with Crippen LogP contribution < -0.4 is 0 Å². The summed E-state index contributed by atoms with van der Waals surface area (Å²) in [6.07, 6.45) is 0.376. The molecule has 0 amide bonds. The van der Waals surface area contributed by atoms with Gasteiger partial charge in [-0.25, -0.2) is 0 Å². The molecule has 2 aromatic carbocycles. The first-order chi connectivity index (χ1) is 10.7. The van der Waals surface area contributed by atoms with Gasteiger partial charge in [0.15, 0.2) is 0 Å². The minimum Gasteiger partial charge on any atom is -0.416 e. The predicted molar refractivity (Wildman–Crippen MR) is 83.2 cm³/mol. The zero-order chi connectivity index (χ0) is 15.4. The Morgan fingerprint density at radius 2 is 1.77 bits per heavy atom. The molecule has 0 N–H and O–H groups in total. The van der Waals surface area contributed by atoms with Gasteiger partial charge in [-0.3, -0.25) is 9.45 Å². The summed E-state index contributed by atoms with van der Waals surface area (Å²) < 4.78 is 16.5. The fourth-order valence-corrected chi connectivity index (χ4v) is 2.40. The van der Waals surface area contributed by atoms with Gasteiger partial charge in [0.25, 0.3) is 11.8 Å². The van der Waals surface area contributed by atoms with Crippen LogP contribution in [0.25, 0.3) is 0 Å². The quantitative estimate of drug-likeness (QED) is 0.645. The molecule has 0 saturated carbocycles. The Labute approximate surface area is 129 Å². The molecule has 2 aromatic rings. The Bertz CT molecular complexity index is 670. The number of hydrogen-bond acceptors (Lipinski definition) is 3. The number of benzene rings is 2. The van der Waals surface area contributed by atoms with Crippen molar-refractivity contribution in [2.75, 3.05) is 0 Å². The van der Waals surface area contributed by atoms with Crippen molar-refractivity contribution in [3.63, 3.8) is 0 Å². The number of hydrogen-bond donors (Lipinski definition) is 0. The lowest BCUT2D eigenvalue weighted by molar-refractivity contribution is -0.194. The summed E-state index contributed by atoms with van der Waals surface area (Å²) in [4.78, 5) is 11.2. The first-order valence-electron chi connectivity index (χ1n) is 7.18. The highest BCUT2D eigenvalue weighted by Gasteiger charge is 2.53. The molecule has 0 spiro atoms. The first kappa shape index (κ1) is 14.5. The van der Waals surface area contributed by atoms with Gasteiger partial charge in [-0.2, -0.15) is 0 Å². The molecule has 1 aliphatic heterocycles. The van der Waals surface area contributed by atoms with Gasteiger partial charge in [0, 0.05) is 6.92 Å². The molecule has 1 atom stereocenters. The van der Waals surface area contributed by atoms with Gasteiger partial charge >= 0.3 is 7.32 Å². The van der Waals surface area contributed by atoms with E-state index in [1.807, 2.05) is 60.7 Å². The van der Waals surface area contributed by atoms with Crippen LogP contribution in [0.4, 0.5) is 0 Å². The molecule has 4 nitrogen and oxygen atoms in total. The highest BCUT2D eigenvalue weighted by atomic mass is 16.7. The number of carbonyl (C=O) groups excluding carboxylic acids is 2. The van der Waals surface area contributed by atoms with Gasteiger partial charge in [0.2, 0.25) is 0 Å². The van der Waals surface area contributed by atoms with E-state index >= 15 is 0 Å². The molecular formula is C17H16BO4+. The molecule has 1 unspecified atom stereocenters. The normalized spacial score (nSPS) is 17.8. The zero-order valence-electron chi connectivity index (χ0n) is 12.3. The topological polar surface area (TPSA) is 46.8 Å². The maximum absolute atomic E-state index is 11.2. The van der Waals surface area contributed by atoms with E-state index in [9.17, 15) is 4.79 Å². The third-order valence-electron chi connectivity index (χ3n) is 3.41. The summed E-state index contributed by atoms with van der Waals surface area (Å²) in [7, 11) is -1.02. The van der Waals surface area contributed by atoms with Crippen molar-refractivity contribution in [1.82, 2.24) is 0 Å². The highest BCUT2D eigenvalue weighted by molar-refractivity contribution is 6.38. The Balaban J connectivity index is 1.90. The highest BCUT2D eigenvalue weighted by Crippen LogP contribution is 2.28. The Kier molecular flexibility index (Phi) is 4.35. The maximum Gasteiger partial charge on any atom is 1.12 e. The molecule has 110 valence electrons. The minimum absolute atomic E-state index is 0.213. The molecule has 0 saturated heterocycles. The van der Waals surface area contributed by atoms with E-state index in [4.69, 9.17) is 13.7 Å². The Hall–Kier alpha value is -2.40. The summed E-state index contributed by atoms with van der Waals surface area (Å²) in [5.74, 6) is 0.318. The zero-order valence-corrected chi connectivity index (χ0v) is 12.3. The molecule has 0 fully saturated rings. The number of ketones is 1. The van der Waals surface area contributed by atoms with Crippen LogP contribution in [0.15, 0.2) is 60.7 Å². The van der Waals surface area contributed by atoms with E-state index < -0.39 is 13.3 Å². The van der Waals surface area contributed by atoms with Gasteiger partial charge < -0.3 is 9.00 Å². The summed E-state index contributed by atoms with van der Waals surface area (Å²) in [5, 5.41) is 0. The van der Waals surface area contributed by atoms with E-state index in [-0.39, 0.29) is 6.10 Å². The maximum atomic E-state index is 11.2. The van der Waals surface area contributed by atoms with Crippen LogP contribution >= 0.6 is 0 Å². The molecule has 0 bridgehead atoms. The molecular weight excluding hydrogens is 279 g/mol. The SMILES string of the molecule is CC(=O)OB1OC(c2ccccc2)CC(c2ccccc2)=[O+]1. The van der Waals surface area contributed by atoms with Crippen molar-refractivity contribution in [2.45, 2.75) is 19.4 Å². The lowest BCUT2D eigenvalue weighted by Crippen LogP contribution is -2.33. The van der Waals surface area contributed by atoms with Crippen molar-refractivity contribution in [1.29, 1.82) is 0 Å².